The zero-order chi connectivity index (χ0) is 17.6. The van der Waals surface area contributed by atoms with Crippen molar-refractivity contribution in [2.24, 2.45) is 0 Å². The van der Waals surface area contributed by atoms with Gasteiger partial charge in [-0.05, 0) is 49.5 Å². The van der Waals surface area contributed by atoms with E-state index in [2.05, 4.69) is 28.7 Å². The Morgan fingerprint density at radius 3 is 2.40 bits per heavy atom. The van der Waals surface area contributed by atoms with Crippen molar-refractivity contribution in [2.45, 2.75) is 13.8 Å². The van der Waals surface area contributed by atoms with E-state index in [1.165, 1.54) is 0 Å². The lowest BCUT2D eigenvalue weighted by atomic mass is 10.3. The molecule has 0 fully saturated rings. The Bertz CT molecular complexity index is 810. The molecule has 6 heteroatoms. The van der Waals surface area contributed by atoms with Crippen molar-refractivity contribution in [2.75, 3.05) is 32.0 Å². The Hall–Kier alpha value is -2.73. The highest BCUT2D eigenvalue weighted by Crippen LogP contribution is 2.26. The van der Waals surface area contributed by atoms with E-state index in [0.717, 1.165) is 47.9 Å². The van der Waals surface area contributed by atoms with Crippen LogP contribution >= 0.6 is 0 Å². The normalized spacial score (nSPS) is 11.2. The first-order valence-corrected chi connectivity index (χ1v) is 8.56. The molecular formula is C19H24N4O2. The van der Waals surface area contributed by atoms with Gasteiger partial charge in [-0.25, -0.2) is 4.98 Å². The van der Waals surface area contributed by atoms with Crippen LogP contribution in [-0.4, -0.2) is 41.1 Å². The number of benzene rings is 2. The van der Waals surface area contributed by atoms with Crippen molar-refractivity contribution >= 4 is 17.0 Å². The predicted molar refractivity (Wildman–Crippen MR) is 100 cm³/mol. The number of H-pyrrole nitrogens is 1. The smallest absolute Gasteiger partial charge is 0.198 e. The molecule has 0 spiro atoms. The van der Waals surface area contributed by atoms with E-state index in [9.17, 15) is 0 Å². The molecule has 132 valence electrons. The zero-order valence-electron chi connectivity index (χ0n) is 14.7. The molecule has 6 nitrogen and oxygen atoms in total. The summed E-state index contributed by atoms with van der Waals surface area (Å²) in [6.07, 6.45) is 0. The number of ether oxygens (including phenoxy) is 2. The molecule has 1 heterocycles. The van der Waals surface area contributed by atoms with E-state index in [1.807, 2.05) is 42.5 Å². The van der Waals surface area contributed by atoms with Gasteiger partial charge < -0.3 is 25.1 Å². The van der Waals surface area contributed by atoms with Crippen LogP contribution < -0.4 is 15.2 Å². The first-order chi connectivity index (χ1) is 12.2. The Morgan fingerprint density at radius 2 is 1.68 bits per heavy atom. The molecule has 3 aromatic rings. The summed E-state index contributed by atoms with van der Waals surface area (Å²) in [4.78, 5) is 9.50. The molecule has 25 heavy (non-hydrogen) atoms. The van der Waals surface area contributed by atoms with E-state index in [0.29, 0.717) is 12.6 Å². The topological polar surface area (TPSA) is 76.4 Å². The number of fused-ring (bicyclic) bond motifs is 1. The maximum absolute atomic E-state index is 5.88. The van der Waals surface area contributed by atoms with Crippen LogP contribution in [0.25, 0.3) is 11.0 Å². The summed E-state index contributed by atoms with van der Waals surface area (Å²) in [6, 6.07) is 13.3. The summed E-state index contributed by atoms with van der Waals surface area (Å²) in [5.74, 6) is 2.73. The molecule has 0 amide bonds. The van der Waals surface area contributed by atoms with Crippen molar-refractivity contribution in [3.63, 3.8) is 0 Å². The molecule has 0 aliphatic carbocycles. The standard InChI is InChI=1S/C19H24N4O2/c1-3-23(4-2)11-12-24-14-5-7-15(8-6-14)25-16-9-10-17-18(13-16)22-19(20)21-17/h5-10,13H,3-4,11-12H2,1-2H3,(H3,20,21,22). The maximum Gasteiger partial charge on any atom is 0.198 e. The van der Waals surface area contributed by atoms with E-state index in [-0.39, 0.29) is 0 Å². The third-order valence-corrected chi connectivity index (χ3v) is 4.10. The maximum atomic E-state index is 5.88. The van der Waals surface area contributed by atoms with Gasteiger partial charge in [0, 0.05) is 12.6 Å². The monoisotopic (exact) mass is 340 g/mol. The quantitative estimate of drug-likeness (QED) is 0.654. The Kier molecular flexibility index (Phi) is 5.40. The van der Waals surface area contributed by atoms with Crippen LogP contribution in [0.5, 0.6) is 17.2 Å². The SMILES string of the molecule is CCN(CC)CCOc1ccc(Oc2ccc3nc(N)[nH]c3c2)cc1. The minimum atomic E-state index is 0.401. The lowest BCUT2D eigenvalue weighted by molar-refractivity contribution is 0.222. The van der Waals surface area contributed by atoms with Crippen LogP contribution in [0.15, 0.2) is 42.5 Å². The number of anilines is 1. The third-order valence-electron chi connectivity index (χ3n) is 4.10. The predicted octanol–water partition coefficient (Wildman–Crippen LogP) is 3.66. The number of nitrogens with one attached hydrogen (secondary N) is 1. The largest absolute Gasteiger partial charge is 0.492 e. The van der Waals surface area contributed by atoms with Gasteiger partial charge in [0.25, 0.3) is 0 Å². The van der Waals surface area contributed by atoms with Crippen LogP contribution in [0.4, 0.5) is 5.95 Å². The molecule has 1 aromatic heterocycles. The lowest BCUT2D eigenvalue weighted by Gasteiger charge is -2.18. The van der Waals surface area contributed by atoms with E-state index in [4.69, 9.17) is 15.2 Å². The lowest BCUT2D eigenvalue weighted by Crippen LogP contribution is -2.27. The number of nitrogen functional groups attached to an aromatic ring is 1. The fraction of sp³-hybridized carbons (Fsp3) is 0.316. The summed E-state index contributed by atoms with van der Waals surface area (Å²) in [5.41, 5.74) is 7.34. The summed E-state index contributed by atoms with van der Waals surface area (Å²) < 4.78 is 11.7. The average Bonchev–Trinajstić information content (AvgIpc) is 2.99. The zero-order valence-corrected chi connectivity index (χ0v) is 14.7. The molecule has 0 aliphatic heterocycles. The number of nitrogens with zero attached hydrogens (tertiary/aromatic N) is 2. The highest BCUT2D eigenvalue weighted by atomic mass is 16.5. The highest BCUT2D eigenvalue weighted by molar-refractivity contribution is 5.78. The second kappa shape index (κ2) is 7.90. The molecule has 2 aromatic carbocycles. The Labute approximate surface area is 147 Å². The fourth-order valence-corrected chi connectivity index (χ4v) is 2.64. The Morgan fingerprint density at radius 1 is 1.00 bits per heavy atom. The Balaban J connectivity index is 1.57. The van der Waals surface area contributed by atoms with Gasteiger partial charge in [-0.3, -0.25) is 0 Å². The number of imidazole rings is 1. The van der Waals surface area contributed by atoms with Crippen molar-refractivity contribution in [3.8, 4) is 17.2 Å². The number of nitrogens with two attached hydrogens (primary N) is 1. The average molecular weight is 340 g/mol. The van der Waals surface area contributed by atoms with Crippen molar-refractivity contribution < 1.29 is 9.47 Å². The molecule has 3 N–H and O–H groups in total. The first-order valence-electron chi connectivity index (χ1n) is 8.56. The fourth-order valence-electron chi connectivity index (χ4n) is 2.64. The van der Waals surface area contributed by atoms with Crippen molar-refractivity contribution in [1.29, 1.82) is 0 Å². The van der Waals surface area contributed by atoms with Gasteiger partial charge in [-0.2, -0.15) is 0 Å². The van der Waals surface area contributed by atoms with Crippen molar-refractivity contribution in [3.05, 3.63) is 42.5 Å². The number of aromatic nitrogens is 2. The molecule has 0 unspecified atom stereocenters. The summed E-state index contributed by atoms with van der Waals surface area (Å²) in [7, 11) is 0. The number of aromatic amines is 1. The van der Waals surface area contributed by atoms with Gasteiger partial charge in [0.15, 0.2) is 5.95 Å². The molecule has 0 atom stereocenters. The molecule has 0 radical (unpaired) electrons. The highest BCUT2D eigenvalue weighted by Gasteiger charge is 2.04. The van der Waals surface area contributed by atoms with Crippen LogP contribution in [0.3, 0.4) is 0 Å². The van der Waals surface area contributed by atoms with Gasteiger partial charge in [0.1, 0.15) is 23.9 Å². The van der Waals surface area contributed by atoms with Crippen LogP contribution in [0.2, 0.25) is 0 Å². The molecule has 0 bridgehead atoms. The van der Waals surface area contributed by atoms with Gasteiger partial charge >= 0.3 is 0 Å². The number of rotatable bonds is 8. The summed E-state index contributed by atoms with van der Waals surface area (Å²) in [6.45, 7) is 8.01. The number of likely N-dealkylation sites (N-methyl/N-ethyl adjacent to an activating group) is 1. The molecule has 3 rings (SSSR count). The van der Waals surface area contributed by atoms with Gasteiger partial charge in [0.2, 0.25) is 0 Å². The second-order valence-corrected chi connectivity index (χ2v) is 5.75. The number of hydrogen-bond acceptors (Lipinski definition) is 5. The van der Waals surface area contributed by atoms with Crippen LogP contribution in [0.1, 0.15) is 13.8 Å². The van der Waals surface area contributed by atoms with E-state index in [1.54, 1.807) is 0 Å². The minimum Gasteiger partial charge on any atom is -0.492 e. The van der Waals surface area contributed by atoms with E-state index < -0.39 is 0 Å². The van der Waals surface area contributed by atoms with Gasteiger partial charge in [-0.15, -0.1) is 0 Å². The number of hydrogen-bond donors (Lipinski definition) is 2. The summed E-state index contributed by atoms with van der Waals surface area (Å²) in [5, 5.41) is 0. The molecular weight excluding hydrogens is 316 g/mol. The first kappa shape index (κ1) is 17.1. The second-order valence-electron chi connectivity index (χ2n) is 5.75. The van der Waals surface area contributed by atoms with Gasteiger partial charge in [0.05, 0.1) is 11.0 Å². The van der Waals surface area contributed by atoms with Crippen molar-refractivity contribution in [1.82, 2.24) is 14.9 Å². The van der Waals surface area contributed by atoms with Crippen LogP contribution in [-0.2, 0) is 0 Å². The molecule has 0 aliphatic rings. The third kappa shape index (κ3) is 4.42. The molecule has 0 saturated carbocycles. The minimum absolute atomic E-state index is 0.401. The summed E-state index contributed by atoms with van der Waals surface area (Å²) >= 11 is 0. The van der Waals surface area contributed by atoms with E-state index >= 15 is 0 Å². The van der Waals surface area contributed by atoms with Gasteiger partial charge in [-0.1, -0.05) is 13.8 Å². The van der Waals surface area contributed by atoms with Crippen LogP contribution in [0, 0.1) is 0 Å². The molecule has 0 saturated heterocycles.